The summed E-state index contributed by atoms with van der Waals surface area (Å²) in [6.07, 6.45) is -0.366. The SMILES string of the molecule is CNC(C)O.NP(O)O. The molecule has 0 fully saturated rings. The highest BCUT2D eigenvalue weighted by molar-refractivity contribution is 7.42. The van der Waals surface area contributed by atoms with Crippen molar-refractivity contribution in [2.75, 3.05) is 7.05 Å². The monoisotopic (exact) mass is 156 g/mol. The van der Waals surface area contributed by atoms with Crippen molar-refractivity contribution in [1.29, 1.82) is 0 Å². The minimum atomic E-state index is -2.12. The van der Waals surface area contributed by atoms with Crippen molar-refractivity contribution in [3.63, 3.8) is 0 Å². The largest absolute Gasteiger partial charge is 0.379 e. The van der Waals surface area contributed by atoms with Crippen molar-refractivity contribution in [3.05, 3.63) is 0 Å². The Morgan fingerprint density at radius 3 is 1.67 bits per heavy atom. The fourth-order valence-corrected chi connectivity index (χ4v) is 0. The summed E-state index contributed by atoms with van der Waals surface area (Å²) in [6, 6.07) is 0. The second kappa shape index (κ2) is 8.23. The molecule has 9 heavy (non-hydrogen) atoms. The van der Waals surface area contributed by atoms with E-state index < -0.39 is 8.53 Å². The van der Waals surface area contributed by atoms with E-state index in [9.17, 15) is 0 Å². The van der Waals surface area contributed by atoms with Crippen molar-refractivity contribution < 1.29 is 14.9 Å². The third-order valence-electron chi connectivity index (χ3n) is 0.418. The van der Waals surface area contributed by atoms with Gasteiger partial charge in [-0.15, -0.1) is 0 Å². The number of rotatable bonds is 1. The molecule has 0 aliphatic carbocycles. The summed E-state index contributed by atoms with van der Waals surface area (Å²) in [5.74, 6) is 0. The van der Waals surface area contributed by atoms with Gasteiger partial charge in [0.2, 0.25) is 8.53 Å². The maximum absolute atomic E-state index is 8.25. The number of aliphatic hydroxyl groups is 1. The summed E-state index contributed by atoms with van der Waals surface area (Å²) < 4.78 is 0. The van der Waals surface area contributed by atoms with Gasteiger partial charge in [-0.1, -0.05) is 0 Å². The van der Waals surface area contributed by atoms with Gasteiger partial charge < -0.3 is 14.9 Å². The highest BCUT2D eigenvalue weighted by Crippen LogP contribution is 2.05. The molecular weight excluding hydrogens is 143 g/mol. The summed E-state index contributed by atoms with van der Waals surface area (Å²) in [5, 5.41) is 10.8. The maximum atomic E-state index is 8.25. The number of nitrogens with two attached hydrogens (primary N) is 1. The maximum Gasteiger partial charge on any atom is 0.247 e. The van der Waals surface area contributed by atoms with Crippen molar-refractivity contribution in [2.45, 2.75) is 13.2 Å². The molecule has 0 saturated heterocycles. The zero-order chi connectivity index (χ0) is 7.86. The minimum absolute atomic E-state index is 0.366. The van der Waals surface area contributed by atoms with Crippen LogP contribution in [0.1, 0.15) is 6.92 Å². The zero-order valence-corrected chi connectivity index (χ0v) is 6.34. The lowest BCUT2D eigenvalue weighted by molar-refractivity contribution is 0.167. The molecule has 5 nitrogen and oxygen atoms in total. The van der Waals surface area contributed by atoms with E-state index in [4.69, 9.17) is 14.9 Å². The Morgan fingerprint density at radius 1 is 1.56 bits per heavy atom. The predicted octanol–water partition coefficient (Wildman–Crippen LogP) is -1.30. The molecule has 0 saturated carbocycles. The van der Waals surface area contributed by atoms with E-state index in [0.717, 1.165) is 0 Å². The van der Waals surface area contributed by atoms with Gasteiger partial charge in [0.15, 0.2) is 0 Å². The van der Waals surface area contributed by atoms with Gasteiger partial charge in [0, 0.05) is 0 Å². The van der Waals surface area contributed by atoms with Crippen molar-refractivity contribution in [3.8, 4) is 0 Å². The number of aliphatic hydroxyl groups excluding tert-OH is 1. The highest BCUT2D eigenvalue weighted by Gasteiger charge is 1.78. The van der Waals surface area contributed by atoms with E-state index in [2.05, 4.69) is 10.8 Å². The second-order valence-corrected chi connectivity index (χ2v) is 1.93. The lowest BCUT2D eigenvalue weighted by Gasteiger charge is -1.94. The molecule has 0 spiro atoms. The van der Waals surface area contributed by atoms with E-state index in [1.54, 1.807) is 14.0 Å². The van der Waals surface area contributed by atoms with Crippen molar-refractivity contribution in [2.24, 2.45) is 5.50 Å². The molecule has 0 bridgehead atoms. The van der Waals surface area contributed by atoms with Crippen LogP contribution >= 0.6 is 8.53 Å². The fraction of sp³-hybridized carbons (Fsp3) is 1.00. The van der Waals surface area contributed by atoms with Crippen molar-refractivity contribution >= 4 is 8.53 Å². The first kappa shape index (κ1) is 12.0. The van der Waals surface area contributed by atoms with E-state index in [-0.39, 0.29) is 6.23 Å². The van der Waals surface area contributed by atoms with Crippen LogP contribution in [0.15, 0.2) is 0 Å². The van der Waals surface area contributed by atoms with Crippen LogP contribution in [0.3, 0.4) is 0 Å². The Balaban J connectivity index is 0. The molecule has 0 aromatic rings. The molecule has 0 aromatic carbocycles. The molecule has 1 atom stereocenters. The lowest BCUT2D eigenvalue weighted by atomic mass is 10.7. The lowest BCUT2D eigenvalue weighted by Crippen LogP contribution is -2.19. The average molecular weight is 156 g/mol. The fourth-order valence-electron chi connectivity index (χ4n) is 0. The van der Waals surface area contributed by atoms with Crippen LogP contribution in [0.4, 0.5) is 0 Å². The Bertz CT molecular complexity index is 49.6. The van der Waals surface area contributed by atoms with Gasteiger partial charge in [0.25, 0.3) is 0 Å². The summed E-state index contributed by atoms with van der Waals surface area (Å²) in [6.45, 7) is 1.67. The summed E-state index contributed by atoms with van der Waals surface area (Å²) in [5.41, 5.74) is 4.29. The van der Waals surface area contributed by atoms with Gasteiger partial charge in [-0.25, -0.2) is 0 Å². The average Bonchev–Trinajstić information content (AvgIpc) is 1.65. The molecule has 6 heteroatoms. The van der Waals surface area contributed by atoms with Gasteiger partial charge in [0.1, 0.15) is 6.23 Å². The number of hydrogen-bond donors (Lipinski definition) is 5. The van der Waals surface area contributed by atoms with E-state index in [1.807, 2.05) is 0 Å². The predicted molar refractivity (Wildman–Crippen MR) is 36.3 cm³/mol. The van der Waals surface area contributed by atoms with Crippen LogP contribution in [-0.4, -0.2) is 28.2 Å². The van der Waals surface area contributed by atoms with E-state index >= 15 is 0 Å². The Labute approximate surface area is 55.5 Å². The third kappa shape index (κ3) is 64.2. The van der Waals surface area contributed by atoms with Crippen LogP contribution < -0.4 is 10.8 Å². The van der Waals surface area contributed by atoms with E-state index in [0.29, 0.717) is 0 Å². The molecule has 0 aliphatic heterocycles. The molecular formula is C3H13N2O3P. The van der Waals surface area contributed by atoms with Crippen molar-refractivity contribution in [1.82, 2.24) is 5.32 Å². The van der Waals surface area contributed by atoms with Crippen LogP contribution in [0.2, 0.25) is 0 Å². The molecule has 1 unspecified atom stereocenters. The normalized spacial score (nSPS) is 12.3. The summed E-state index contributed by atoms with van der Waals surface area (Å²) >= 11 is 0. The van der Waals surface area contributed by atoms with E-state index in [1.165, 1.54) is 0 Å². The van der Waals surface area contributed by atoms with Crippen LogP contribution in [0.5, 0.6) is 0 Å². The third-order valence-corrected chi connectivity index (χ3v) is 0.418. The zero-order valence-electron chi connectivity index (χ0n) is 5.44. The standard InChI is InChI=1S/C3H9NO.H4NO2P/c1-3(5)4-2;1-4(2)3/h3-5H,1-2H3;2-3H,1H2. The smallest absolute Gasteiger partial charge is 0.247 e. The summed E-state index contributed by atoms with van der Waals surface area (Å²) in [7, 11) is -0.421. The van der Waals surface area contributed by atoms with Gasteiger partial charge in [-0.05, 0) is 14.0 Å². The van der Waals surface area contributed by atoms with Crippen LogP contribution in [0, 0.1) is 0 Å². The Morgan fingerprint density at radius 2 is 1.67 bits per heavy atom. The first-order chi connectivity index (χ1) is 4.00. The molecule has 6 N–H and O–H groups in total. The number of hydrogen-bond acceptors (Lipinski definition) is 5. The molecule has 0 heterocycles. The highest BCUT2D eigenvalue weighted by atomic mass is 31.2. The van der Waals surface area contributed by atoms with Gasteiger partial charge in [-0.2, -0.15) is 0 Å². The van der Waals surface area contributed by atoms with Crippen LogP contribution in [-0.2, 0) is 0 Å². The Hall–Kier alpha value is 0.230. The molecule has 0 radical (unpaired) electrons. The second-order valence-electron chi connectivity index (χ2n) is 1.29. The topological polar surface area (TPSA) is 98.7 Å². The summed E-state index contributed by atoms with van der Waals surface area (Å²) in [4.78, 5) is 14.9. The van der Waals surface area contributed by atoms with Gasteiger partial charge >= 0.3 is 0 Å². The Kier molecular flexibility index (Phi) is 10.9. The first-order valence-corrected chi connectivity index (χ1v) is 3.60. The van der Waals surface area contributed by atoms with Gasteiger partial charge in [-0.3, -0.25) is 10.8 Å². The number of nitrogens with one attached hydrogen (secondary N) is 1. The molecule has 0 rings (SSSR count). The molecule has 0 aromatic heterocycles. The first-order valence-electron chi connectivity index (χ1n) is 2.28. The quantitative estimate of drug-likeness (QED) is 0.240. The molecule has 0 aliphatic rings. The minimum Gasteiger partial charge on any atom is -0.379 e. The van der Waals surface area contributed by atoms with Gasteiger partial charge in [0.05, 0.1) is 0 Å². The van der Waals surface area contributed by atoms with Crippen LogP contribution in [0.25, 0.3) is 0 Å². The molecule has 58 valence electrons. The molecule has 0 amide bonds.